The second-order valence-electron chi connectivity index (χ2n) is 4.47. The molecular weight excluding hydrogens is 282 g/mol. The van der Waals surface area contributed by atoms with E-state index in [1.807, 2.05) is 0 Å². The Morgan fingerprint density at radius 2 is 2.20 bits per heavy atom. The lowest BCUT2D eigenvalue weighted by Crippen LogP contribution is -2.19. The zero-order valence-corrected chi connectivity index (χ0v) is 12.1. The van der Waals surface area contributed by atoms with Gasteiger partial charge in [0, 0.05) is 6.42 Å². The first-order valence-corrected chi connectivity index (χ1v) is 7.42. The van der Waals surface area contributed by atoms with E-state index in [4.69, 9.17) is 10.5 Å². The number of aliphatic hydroxyl groups excluding tert-OH is 1. The lowest BCUT2D eigenvalue weighted by molar-refractivity contribution is 0.0591. The molecule has 0 amide bonds. The molecule has 1 aromatic heterocycles. The minimum atomic E-state index is -0.635. The molecule has 1 aliphatic carbocycles. The predicted octanol–water partition coefficient (Wildman–Crippen LogP) is 0.859. The van der Waals surface area contributed by atoms with Crippen molar-refractivity contribution in [3.05, 3.63) is 5.56 Å². The normalized spacial score (nSPS) is 21.8. The van der Waals surface area contributed by atoms with Crippen molar-refractivity contribution in [1.29, 1.82) is 0 Å². The molecule has 8 heteroatoms. The maximum Gasteiger partial charge on any atom is 0.347 e. The number of methoxy groups -OCH3 is 1. The van der Waals surface area contributed by atoms with Gasteiger partial charge in [0.1, 0.15) is 11.9 Å². The molecule has 3 N–H and O–H groups in total. The van der Waals surface area contributed by atoms with E-state index in [2.05, 4.69) is 14.7 Å². The molecule has 0 aliphatic heterocycles. The largest absolute Gasteiger partial charge is 0.473 e. The van der Waals surface area contributed by atoms with Gasteiger partial charge in [-0.25, -0.2) is 9.78 Å². The molecular formula is C12H17N3O4S. The van der Waals surface area contributed by atoms with Gasteiger partial charge in [0.2, 0.25) is 5.88 Å². The maximum atomic E-state index is 11.8. The zero-order valence-electron chi connectivity index (χ0n) is 11.3. The number of carbonyl (C=O) groups excluding carboxylic acids is 1. The summed E-state index contributed by atoms with van der Waals surface area (Å²) in [6.07, 6.45) is 3.14. The molecule has 1 aromatic rings. The molecule has 1 saturated carbocycles. The van der Waals surface area contributed by atoms with Crippen LogP contribution in [0.5, 0.6) is 5.88 Å². The topological polar surface area (TPSA) is 108 Å². The summed E-state index contributed by atoms with van der Waals surface area (Å²) in [5, 5.41) is 9.94. The van der Waals surface area contributed by atoms with Crippen molar-refractivity contribution in [2.24, 2.45) is 0 Å². The average molecular weight is 299 g/mol. The highest BCUT2D eigenvalue weighted by Gasteiger charge is 2.28. The monoisotopic (exact) mass is 299 g/mol. The Kier molecular flexibility index (Phi) is 4.66. The number of thioether (sulfide) groups is 1. The average Bonchev–Trinajstić information content (AvgIpc) is 2.82. The summed E-state index contributed by atoms with van der Waals surface area (Å²) in [6.45, 7) is 0. The van der Waals surface area contributed by atoms with Gasteiger partial charge in [-0.05, 0) is 19.1 Å². The van der Waals surface area contributed by atoms with Crippen LogP contribution in [0.15, 0.2) is 5.16 Å². The number of rotatable bonds is 4. The Hall–Kier alpha value is -1.54. The van der Waals surface area contributed by atoms with Gasteiger partial charge < -0.3 is 20.3 Å². The van der Waals surface area contributed by atoms with Gasteiger partial charge in [0.15, 0.2) is 10.7 Å². The van der Waals surface area contributed by atoms with E-state index in [1.165, 1.54) is 18.9 Å². The number of hydrogen-bond acceptors (Lipinski definition) is 8. The van der Waals surface area contributed by atoms with Gasteiger partial charge in [-0.15, -0.1) is 0 Å². The molecule has 0 aromatic carbocycles. The van der Waals surface area contributed by atoms with Crippen LogP contribution < -0.4 is 10.5 Å². The highest BCUT2D eigenvalue weighted by molar-refractivity contribution is 7.98. The second-order valence-corrected chi connectivity index (χ2v) is 5.25. The molecule has 0 bridgehead atoms. The fraction of sp³-hybridized carbons (Fsp3) is 0.583. The first kappa shape index (κ1) is 14.9. The van der Waals surface area contributed by atoms with Crippen LogP contribution in [0, 0.1) is 0 Å². The molecule has 1 heterocycles. The first-order valence-electron chi connectivity index (χ1n) is 6.19. The van der Waals surface area contributed by atoms with Gasteiger partial charge in [-0.3, -0.25) is 0 Å². The number of hydrogen-bond donors (Lipinski definition) is 2. The summed E-state index contributed by atoms with van der Waals surface area (Å²) in [4.78, 5) is 20.0. The van der Waals surface area contributed by atoms with E-state index in [-0.39, 0.29) is 29.5 Å². The summed E-state index contributed by atoms with van der Waals surface area (Å²) >= 11 is 1.30. The molecule has 1 aliphatic rings. The Balaban J connectivity index is 2.32. The van der Waals surface area contributed by atoms with Gasteiger partial charge in [-0.1, -0.05) is 11.8 Å². The summed E-state index contributed by atoms with van der Waals surface area (Å²) in [7, 11) is 1.26. The number of aliphatic hydroxyl groups is 1. The number of nitrogens with two attached hydrogens (primary N) is 1. The number of carbonyl (C=O) groups is 1. The van der Waals surface area contributed by atoms with Crippen molar-refractivity contribution in [1.82, 2.24) is 9.97 Å². The SMILES string of the molecule is COC(=O)c1c(N)nc(SC)nc1OC1CCC(O)C1. The van der Waals surface area contributed by atoms with Crippen LogP contribution in [-0.2, 0) is 4.74 Å². The molecule has 0 radical (unpaired) electrons. The van der Waals surface area contributed by atoms with Crippen LogP contribution in [0.1, 0.15) is 29.6 Å². The number of ether oxygens (including phenoxy) is 2. The van der Waals surface area contributed by atoms with Gasteiger partial charge in [0.25, 0.3) is 0 Å². The third kappa shape index (κ3) is 3.13. The number of anilines is 1. The van der Waals surface area contributed by atoms with Crippen molar-refractivity contribution < 1.29 is 19.4 Å². The summed E-state index contributed by atoms with van der Waals surface area (Å²) in [6, 6.07) is 0. The van der Waals surface area contributed by atoms with Crippen LogP contribution in [0.4, 0.5) is 5.82 Å². The fourth-order valence-electron chi connectivity index (χ4n) is 2.09. The van der Waals surface area contributed by atoms with Crippen molar-refractivity contribution in [2.45, 2.75) is 36.6 Å². The van der Waals surface area contributed by atoms with Crippen LogP contribution in [0.3, 0.4) is 0 Å². The Morgan fingerprint density at radius 3 is 2.75 bits per heavy atom. The van der Waals surface area contributed by atoms with E-state index in [0.29, 0.717) is 24.4 Å². The minimum absolute atomic E-state index is 0.0322. The fourth-order valence-corrected chi connectivity index (χ4v) is 2.45. The van der Waals surface area contributed by atoms with E-state index < -0.39 is 5.97 Å². The van der Waals surface area contributed by atoms with E-state index in [0.717, 1.165) is 0 Å². The van der Waals surface area contributed by atoms with Crippen molar-refractivity contribution >= 4 is 23.5 Å². The molecule has 1 fully saturated rings. The molecule has 2 unspecified atom stereocenters. The van der Waals surface area contributed by atoms with E-state index in [9.17, 15) is 9.90 Å². The summed E-state index contributed by atoms with van der Waals surface area (Å²) < 4.78 is 10.4. The van der Waals surface area contributed by atoms with Gasteiger partial charge in [0.05, 0.1) is 13.2 Å². The maximum absolute atomic E-state index is 11.8. The molecule has 2 rings (SSSR count). The number of nitrogens with zero attached hydrogens (tertiary/aromatic N) is 2. The van der Waals surface area contributed by atoms with E-state index in [1.54, 1.807) is 6.26 Å². The second kappa shape index (κ2) is 6.27. The number of esters is 1. The minimum Gasteiger partial charge on any atom is -0.473 e. The van der Waals surface area contributed by atoms with Crippen LogP contribution in [-0.4, -0.2) is 46.6 Å². The lowest BCUT2D eigenvalue weighted by Gasteiger charge is -2.16. The highest BCUT2D eigenvalue weighted by atomic mass is 32.2. The third-order valence-electron chi connectivity index (χ3n) is 3.09. The van der Waals surface area contributed by atoms with Gasteiger partial charge >= 0.3 is 5.97 Å². The lowest BCUT2D eigenvalue weighted by atomic mass is 10.2. The first-order chi connectivity index (χ1) is 9.55. The summed E-state index contributed by atoms with van der Waals surface area (Å²) in [5.74, 6) is -0.485. The molecule has 0 saturated heterocycles. The number of nitrogen functional groups attached to an aromatic ring is 1. The molecule has 2 atom stereocenters. The van der Waals surface area contributed by atoms with Crippen molar-refractivity contribution in [2.75, 3.05) is 19.1 Å². The van der Waals surface area contributed by atoms with Crippen LogP contribution in [0.2, 0.25) is 0 Å². The standard InChI is InChI=1S/C12H17N3O4S/c1-18-11(17)8-9(13)14-12(20-2)15-10(8)19-7-4-3-6(16)5-7/h6-7,16H,3-5H2,1-2H3,(H2,13,14,15). The smallest absolute Gasteiger partial charge is 0.347 e. The van der Waals surface area contributed by atoms with Crippen LogP contribution in [0.25, 0.3) is 0 Å². The quantitative estimate of drug-likeness (QED) is 0.479. The molecule has 110 valence electrons. The van der Waals surface area contributed by atoms with Gasteiger partial charge in [-0.2, -0.15) is 4.98 Å². The predicted molar refractivity (Wildman–Crippen MR) is 73.8 cm³/mol. The van der Waals surface area contributed by atoms with E-state index >= 15 is 0 Å². The molecule has 7 nitrogen and oxygen atoms in total. The number of aromatic nitrogens is 2. The zero-order chi connectivity index (χ0) is 14.7. The van der Waals surface area contributed by atoms with Crippen molar-refractivity contribution in [3.8, 4) is 5.88 Å². The highest BCUT2D eigenvalue weighted by Crippen LogP contribution is 2.29. The van der Waals surface area contributed by atoms with Crippen molar-refractivity contribution in [3.63, 3.8) is 0 Å². The van der Waals surface area contributed by atoms with Crippen LogP contribution >= 0.6 is 11.8 Å². The third-order valence-corrected chi connectivity index (χ3v) is 3.64. The Morgan fingerprint density at radius 1 is 1.45 bits per heavy atom. The molecule has 0 spiro atoms. The molecule has 20 heavy (non-hydrogen) atoms. The summed E-state index contributed by atoms with van der Waals surface area (Å²) in [5.41, 5.74) is 5.82. The Labute approximate surface area is 120 Å². The Bertz CT molecular complexity index is 512.